The number of carbonyl (C=O) groups excluding carboxylic acids is 1. The molecule has 1 saturated heterocycles. The second-order valence-corrected chi connectivity index (χ2v) is 9.93. The second kappa shape index (κ2) is 13.3. The van der Waals surface area contributed by atoms with E-state index in [4.69, 9.17) is 5.11 Å². The van der Waals surface area contributed by atoms with Crippen molar-refractivity contribution in [3.8, 4) is 0 Å². The maximum absolute atomic E-state index is 12.3. The third kappa shape index (κ3) is 8.45. The molecular weight excluding hydrogens is 434 g/mol. The van der Waals surface area contributed by atoms with Gasteiger partial charge < -0.3 is 15.1 Å². The molecule has 1 amide bonds. The second-order valence-electron chi connectivity index (χ2n) is 8.76. The molecule has 0 saturated carbocycles. The van der Waals surface area contributed by atoms with Gasteiger partial charge in [-0.3, -0.25) is 4.79 Å². The molecule has 0 aliphatic carbocycles. The smallest absolute Gasteiger partial charge is 0.345 e. The number of aromatic carboxylic acids is 1. The number of nitrogens with zero attached hydrogens (tertiary/aromatic N) is 1. The zero-order valence-electron chi connectivity index (χ0n) is 19.2. The molecule has 2 heterocycles. The van der Waals surface area contributed by atoms with Crippen molar-refractivity contribution in [1.82, 2.24) is 4.90 Å². The van der Waals surface area contributed by atoms with Crippen molar-refractivity contribution in [3.05, 3.63) is 69.9 Å². The van der Waals surface area contributed by atoms with Gasteiger partial charge in [0, 0.05) is 17.8 Å². The lowest BCUT2D eigenvalue weighted by molar-refractivity contribution is -0.128. The van der Waals surface area contributed by atoms with Gasteiger partial charge >= 0.3 is 5.97 Å². The number of aliphatic hydroxyl groups is 1. The summed E-state index contributed by atoms with van der Waals surface area (Å²) in [5, 5.41) is 19.4. The van der Waals surface area contributed by atoms with E-state index in [9.17, 15) is 14.7 Å². The maximum atomic E-state index is 12.3. The normalized spacial score (nSPS) is 17.2. The van der Waals surface area contributed by atoms with Crippen LogP contribution in [-0.4, -0.2) is 45.7 Å². The molecule has 1 aliphatic heterocycles. The molecule has 1 aromatic heterocycles. The standard InChI is InChI=1S/C27H35NO4S/c29-23(12-7-2-1-4-9-21-10-5-3-6-11-21)16-14-22-15-19-26(30)28(22)20-8-13-24-17-18-25(33-24)27(31)32/h3,5-6,10-11,14,16-18,22-23,29H,1-2,4,7-9,12-13,15,19-20H2,(H,31,32). The van der Waals surface area contributed by atoms with E-state index in [1.807, 2.05) is 29.2 Å². The summed E-state index contributed by atoms with van der Waals surface area (Å²) >= 11 is 1.30. The van der Waals surface area contributed by atoms with Crippen LogP contribution in [0.5, 0.6) is 0 Å². The fourth-order valence-electron chi connectivity index (χ4n) is 4.33. The lowest BCUT2D eigenvalue weighted by Gasteiger charge is -2.22. The van der Waals surface area contributed by atoms with Crippen LogP contribution in [0.4, 0.5) is 0 Å². The monoisotopic (exact) mass is 469 g/mol. The molecule has 2 unspecified atom stereocenters. The summed E-state index contributed by atoms with van der Waals surface area (Å²) in [5.74, 6) is -0.730. The van der Waals surface area contributed by atoms with Gasteiger partial charge in [-0.1, -0.05) is 61.7 Å². The molecule has 5 nitrogen and oxygen atoms in total. The van der Waals surface area contributed by atoms with Crippen LogP contribution >= 0.6 is 11.3 Å². The first-order valence-electron chi connectivity index (χ1n) is 12.0. The van der Waals surface area contributed by atoms with Crippen molar-refractivity contribution in [2.24, 2.45) is 0 Å². The zero-order valence-corrected chi connectivity index (χ0v) is 20.0. The van der Waals surface area contributed by atoms with Crippen LogP contribution in [0.1, 0.15) is 71.5 Å². The minimum Gasteiger partial charge on any atom is -0.477 e. The number of hydrogen-bond donors (Lipinski definition) is 2. The molecule has 1 aromatic carbocycles. The SMILES string of the molecule is O=C(O)c1ccc(CCCN2C(=O)CCC2C=CC(O)CCCCCCc2ccccc2)s1. The summed E-state index contributed by atoms with van der Waals surface area (Å²) < 4.78 is 0. The van der Waals surface area contributed by atoms with Crippen LogP contribution in [-0.2, 0) is 17.6 Å². The summed E-state index contributed by atoms with van der Waals surface area (Å²) in [6, 6.07) is 14.1. The molecule has 33 heavy (non-hydrogen) atoms. The Hall–Kier alpha value is -2.44. The van der Waals surface area contributed by atoms with Crippen LogP contribution in [0.25, 0.3) is 0 Å². The molecule has 3 rings (SSSR count). The summed E-state index contributed by atoms with van der Waals surface area (Å²) in [4.78, 5) is 26.6. The highest BCUT2D eigenvalue weighted by atomic mass is 32.1. The van der Waals surface area contributed by atoms with Crippen molar-refractivity contribution in [3.63, 3.8) is 0 Å². The lowest BCUT2D eigenvalue weighted by atomic mass is 10.0. The number of unbranched alkanes of at least 4 members (excludes halogenated alkanes) is 3. The van der Waals surface area contributed by atoms with E-state index in [0.29, 0.717) is 17.8 Å². The Bertz CT molecular complexity index is 908. The number of benzene rings is 1. The Morgan fingerprint density at radius 3 is 2.61 bits per heavy atom. The fraction of sp³-hybridized carbons (Fsp3) is 0.481. The molecule has 2 atom stereocenters. The lowest BCUT2D eigenvalue weighted by Crippen LogP contribution is -2.33. The quantitative estimate of drug-likeness (QED) is 0.284. The molecule has 1 fully saturated rings. The van der Waals surface area contributed by atoms with Crippen molar-refractivity contribution in [1.29, 1.82) is 0 Å². The summed E-state index contributed by atoms with van der Waals surface area (Å²) in [6.07, 6.45) is 12.7. The molecule has 6 heteroatoms. The largest absolute Gasteiger partial charge is 0.477 e. The molecule has 1 aliphatic rings. The number of likely N-dealkylation sites (tertiary alicyclic amines) is 1. The van der Waals surface area contributed by atoms with Gasteiger partial charge in [0.2, 0.25) is 5.91 Å². The zero-order chi connectivity index (χ0) is 23.5. The van der Waals surface area contributed by atoms with Crippen LogP contribution < -0.4 is 0 Å². The van der Waals surface area contributed by atoms with Gasteiger partial charge in [0.1, 0.15) is 4.88 Å². The number of rotatable bonds is 14. The first kappa shape index (κ1) is 25.2. The van der Waals surface area contributed by atoms with Crippen LogP contribution in [0.3, 0.4) is 0 Å². The Labute approximate surface area is 200 Å². The van der Waals surface area contributed by atoms with Gasteiger partial charge in [0.25, 0.3) is 0 Å². The molecular formula is C27H35NO4S. The summed E-state index contributed by atoms with van der Waals surface area (Å²) in [7, 11) is 0. The van der Waals surface area contributed by atoms with E-state index in [1.54, 1.807) is 6.07 Å². The number of aliphatic hydroxyl groups excluding tert-OH is 1. The number of carbonyl (C=O) groups is 2. The number of carboxylic acid groups (broad SMARTS) is 1. The Kier molecular flexibility index (Phi) is 10.2. The number of carboxylic acids is 1. The van der Waals surface area contributed by atoms with Crippen molar-refractivity contribution >= 4 is 23.2 Å². The minimum atomic E-state index is -0.892. The predicted molar refractivity (Wildman–Crippen MR) is 133 cm³/mol. The summed E-state index contributed by atoms with van der Waals surface area (Å²) in [5.41, 5.74) is 1.39. The maximum Gasteiger partial charge on any atom is 0.345 e. The fourth-order valence-corrected chi connectivity index (χ4v) is 5.22. The van der Waals surface area contributed by atoms with Crippen LogP contribution in [0, 0.1) is 0 Å². The molecule has 0 bridgehead atoms. The number of hydrogen-bond acceptors (Lipinski definition) is 4. The summed E-state index contributed by atoms with van der Waals surface area (Å²) in [6.45, 7) is 0.658. The Balaban J connectivity index is 1.32. The third-order valence-corrected chi connectivity index (χ3v) is 7.32. The number of thiophene rings is 1. The van der Waals surface area contributed by atoms with Crippen LogP contribution in [0.15, 0.2) is 54.6 Å². The average Bonchev–Trinajstić information content (AvgIpc) is 3.43. The van der Waals surface area contributed by atoms with E-state index in [-0.39, 0.29) is 11.9 Å². The van der Waals surface area contributed by atoms with E-state index >= 15 is 0 Å². The molecule has 178 valence electrons. The third-order valence-electron chi connectivity index (χ3n) is 6.18. The van der Waals surface area contributed by atoms with Crippen molar-refractivity contribution < 1.29 is 19.8 Å². The molecule has 2 aromatic rings. The highest BCUT2D eigenvalue weighted by Crippen LogP contribution is 2.23. The molecule has 2 N–H and O–H groups in total. The van der Waals surface area contributed by atoms with Gasteiger partial charge in [-0.2, -0.15) is 0 Å². The molecule has 0 radical (unpaired) electrons. The Morgan fingerprint density at radius 1 is 1.06 bits per heavy atom. The van der Waals surface area contributed by atoms with Gasteiger partial charge in [0.15, 0.2) is 0 Å². The van der Waals surface area contributed by atoms with E-state index in [0.717, 1.165) is 49.8 Å². The molecule has 0 spiro atoms. The van der Waals surface area contributed by atoms with Gasteiger partial charge in [-0.25, -0.2) is 4.79 Å². The van der Waals surface area contributed by atoms with Gasteiger partial charge in [0.05, 0.1) is 12.1 Å². The van der Waals surface area contributed by atoms with Crippen LogP contribution in [0.2, 0.25) is 0 Å². The highest BCUT2D eigenvalue weighted by Gasteiger charge is 2.28. The van der Waals surface area contributed by atoms with E-state index in [2.05, 4.69) is 24.3 Å². The number of amides is 1. The predicted octanol–water partition coefficient (Wildman–Crippen LogP) is 5.48. The van der Waals surface area contributed by atoms with Gasteiger partial charge in [-0.15, -0.1) is 11.3 Å². The van der Waals surface area contributed by atoms with Crippen molar-refractivity contribution in [2.75, 3.05) is 6.54 Å². The van der Waals surface area contributed by atoms with E-state index in [1.165, 1.54) is 29.7 Å². The number of aryl methyl sites for hydroxylation is 2. The van der Waals surface area contributed by atoms with E-state index < -0.39 is 12.1 Å². The van der Waals surface area contributed by atoms with Crippen molar-refractivity contribution in [2.45, 2.75) is 76.4 Å². The topological polar surface area (TPSA) is 77.8 Å². The Morgan fingerprint density at radius 2 is 1.85 bits per heavy atom. The minimum absolute atomic E-state index is 0.0518. The first-order valence-corrected chi connectivity index (χ1v) is 12.9. The first-order chi connectivity index (χ1) is 16.0. The van der Waals surface area contributed by atoms with Gasteiger partial charge in [-0.05, 0) is 56.2 Å². The average molecular weight is 470 g/mol. The highest BCUT2D eigenvalue weighted by molar-refractivity contribution is 7.13.